The molecule has 28 heavy (non-hydrogen) atoms. The van der Waals surface area contributed by atoms with Crippen LogP contribution in [0.4, 0.5) is 0 Å². The maximum absolute atomic E-state index is 5.32. The Hall–Kier alpha value is -3.27. The first kappa shape index (κ1) is 18.1. The minimum Gasteiger partial charge on any atom is -0.497 e. The molecule has 4 aromatic rings. The van der Waals surface area contributed by atoms with Crippen molar-refractivity contribution in [3.63, 3.8) is 0 Å². The number of aromatic nitrogens is 7. The monoisotopic (exact) mass is 395 g/mol. The number of tetrazole rings is 1. The van der Waals surface area contributed by atoms with Crippen LogP contribution in [0.1, 0.15) is 12.3 Å². The van der Waals surface area contributed by atoms with Gasteiger partial charge in [-0.15, -0.1) is 5.10 Å². The van der Waals surface area contributed by atoms with Crippen LogP contribution in [-0.2, 0) is 6.42 Å². The number of methoxy groups -OCH3 is 1. The molecular weight excluding hydrogens is 378 g/mol. The molecule has 9 nitrogen and oxygen atoms in total. The van der Waals surface area contributed by atoms with Gasteiger partial charge < -0.3 is 9.26 Å². The largest absolute Gasteiger partial charge is 0.497 e. The Morgan fingerprint density at radius 2 is 2.07 bits per heavy atom. The summed E-state index contributed by atoms with van der Waals surface area (Å²) in [6.07, 6.45) is 4.96. The number of ether oxygens (including phenoxy) is 1. The lowest BCUT2D eigenvalue weighted by molar-refractivity contribution is 0.378. The fourth-order valence-electron chi connectivity index (χ4n) is 2.51. The van der Waals surface area contributed by atoms with Crippen molar-refractivity contribution in [2.24, 2.45) is 0 Å². The Balaban J connectivity index is 1.32. The van der Waals surface area contributed by atoms with Gasteiger partial charge in [0.1, 0.15) is 5.75 Å². The number of benzene rings is 1. The van der Waals surface area contributed by atoms with E-state index in [1.165, 1.54) is 0 Å². The van der Waals surface area contributed by atoms with Crippen molar-refractivity contribution >= 4 is 11.8 Å². The van der Waals surface area contributed by atoms with E-state index in [1.54, 1.807) is 35.9 Å². The molecule has 0 aliphatic rings. The van der Waals surface area contributed by atoms with E-state index in [2.05, 4.69) is 30.7 Å². The summed E-state index contributed by atoms with van der Waals surface area (Å²) in [5, 5.41) is 16.7. The van der Waals surface area contributed by atoms with Crippen molar-refractivity contribution in [1.29, 1.82) is 0 Å². The van der Waals surface area contributed by atoms with Crippen LogP contribution in [0.5, 0.6) is 5.75 Å². The molecule has 0 unspecified atom stereocenters. The first-order valence-corrected chi connectivity index (χ1v) is 9.60. The number of aryl methyl sites for hydroxylation is 1. The Kier molecular flexibility index (Phi) is 5.57. The van der Waals surface area contributed by atoms with Gasteiger partial charge in [-0.3, -0.25) is 4.98 Å². The molecule has 0 aliphatic carbocycles. The minimum atomic E-state index is 0.555. The second kappa shape index (κ2) is 8.61. The molecule has 0 atom stereocenters. The molecule has 0 fully saturated rings. The van der Waals surface area contributed by atoms with Crippen molar-refractivity contribution in [1.82, 2.24) is 35.3 Å². The average Bonchev–Trinajstić information content (AvgIpc) is 3.42. The van der Waals surface area contributed by atoms with Crippen molar-refractivity contribution in [3.8, 4) is 22.8 Å². The van der Waals surface area contributed by atoms with Crippen molar-refractivity contribution in [3.05, 3.63) is 54.7 Å². The summed E-state index contributed by atoms with van der Waals surface area (Å²) in [6.45, 7) is 0. The van der Waals surface area contributed by atoms with Crippen molar-refractivity contribution in [2.45, 2.75) is 18.0 Å². The SMILES string of the molecule is COc1ccc(-n2nnnc2SCCCc2nc(-c3cccnc3)no2)cc1. The molecule has 0 bridgehead atoms. The number of nitrogens with zero attached hydrogens (tertiary/aromatic N) is 7. The number of hydrogen-bond donors (Lipinski definition) is 0. The van der Waals surface area contributed by atoms with Crippen LogP contribution in [0.15, 0.2) is 58.5 Å². The maximum atomic E-state index is 5.32. The van der Waals surface area contributed by atoms with E-state index in [4.69, 9.17) is 9.26 Å². The molecule has 3 aromatic heterocycles. The Morgan fingerprint density at radius 3 is 2.86 bits per heavy atom. The molecule has 10 heteroatoms. The quantitative estimate of drug-likeness (QED) is 0.329. The van der Waals surface area contributed by atoms with Gasteiger partial charge in [0, 0.05) is 30.1 Å². The van der Waals surface area contributed by atoms with Gasteiger partial charge in [-0.05, 0) is 53.2 Å². The van der Waals surface area contributed by atoms with Gasteiger partial charge in [-0.1, -0.05) is 16.9 Å². The van der Waals surface area contributed by atoms with Gasteiger partial charge in [0.15, 0.2) is 0 Å². The third-order valence-electron chi connectivity index (χ3n) is 3.91. The fraction of sp³-hybridized carbons (Fsp3) is 0.222. The highest BCUT2D eigenvalue weighted by molar-refractivity contribution is 7.99. The molecule has 0 N–H and O–H groups in total. The van der Waals surface area contributed by atoms with Crippen LogP contribution in [0, 0.1) is 0 Å². The minimum absolute atomic E-state index is 0.555. The van der Waals surface area contributed by atoms with Crippen LogP contribution >= 0.6 is 11.8 Å². The molecule has 0 aliphatic heterocycles. The highest BCUT2D eigenvalue weighted by Crippen LogP contribution is 2.21. The lowest BCUT2D eigenvalue weighted by Gasteiger charge is -2.05. The Morgan fingerprint density at radius 1 is 1.18 bits per heavy atom. The summed E-state index contributed by atoms with van der Waals surface area (Å²) < 4.78 is 12.2. The number of pyridine rings is 1. The molecule has 142 valence electrons. The van der Waals surface area contributed by atoms with Gasteiger partial charge >= 0.3 is 0 Å². The molecule has 3 heterocycles. The van der Waals surface area contributed by atoms with Crippen LogP contribution in [-0.4, -0.2) is 48.2 Å². The maximum Gasteiger partial charge on any atom is 0.226 e. The Bertz CT molecular complexity index is 1020. The van der Waals surface area contributed by atoms with Gasteiger partial charge in [0.25, 0.3) is 0 Å². The first-order valence-electron chi connectivity index (χ1n) is 8.62. The average molecular weight is 395 g/mol. The molecule has 0 spiro atoms. The van der Waals surface area contributed by atoms with E-state index >= 15 is 0 Å². The van der Waals surface area contributed by atoms with Gasteiger partial charge in [0.2, 0.25) is 16.9 Å². The first-order chi connectivity index (χ1) is 13.8. The molecule has 4 rings (SSSR count). The van der Waals surface area contributed by atoms with Gasteiger partial charge in [0.05, 0.1) is 12.8 Å². The molecule has 1 aromatic carbocycles. The highest BCUT2D eigenvalue weighted by Gasteiger charge is 2.11. The predicted octanol–water partition coefficient (Wildman–Crippen LogP) is 2.84. The second-order valence-corrected chi connectivity index (χ2v) is 6.84. The van der Waals surface area contributed by atoms with Gasteiger partial charge in [-0.2, -0.15) is 9.67 Å². The smallest absolute Gasteiger partial charge is 0.226 e. The topological polar surface area (TPSA) is 105 Å². The van der Waals surface area contributed by atoms with Crippen LogP contribution in [0.2, 0.25) is 0 Å². The molecule has 0 radical (unpaired) electrons. The zero-order chi connectivity index (χ0) is 19.2. The van der Waals surface area contributed by atoms with E-state index in [9.17, 15) is 0 Å². The molecule has 0 saturated carbocycles. The normalized spacial score (nSPS) is 10.9. The zero-order valence-electron chi connectivity index (χ0n) is 15.1. The molecule has 0 saturated heterocycles. The van der Waals surface area contributed by atoms with Crippen molar-refractivity contribution in [2.75, 3.05) is 12.9 Å². The van der Waals surface area contributed by atoms with E-state index in [0.29, 0.717) is 18.1 Å². The van der Waals surface area contributed by atoms with E-state index in [-0.39, 0.29) is 0 Å². The fourth-order valence-corrected chi connectivity index (χ4v) is 3.34. The van der Waals surface area contributed by atoms with Crippen LogP contribution in [0.25, 0.3) is 17.1 Å². The van der Waals surface area contributed by atoms with Crippen LogP contribution < -0.4 is 4.74 Å². The van der Waals surface area contributed by atoms with E-state index < -0.39 is 0 Å². The third-order valence-corrected chi connectivity index (χ3v) is 4.92. The summed E-state index contributed by atoms with van der Waals surface area (Å²) >= 11 is 1.58. The lowest BCUT2D eigenvalue weighted by Crippen LogP contribution is -1.99. The second-order valence-electron chi connectivity index (χ2n) is 5.78. The summed E-state index contributed by atoms with van der Waals surface area (Å²) in [5.74, 6) is 2.77. The van der Waals surface area contributed by atoms with Crippen LogP contribution in [0.3, 0.4) is 0 Å². The molecular formula is C18H17N7O2S. The third kappa shape index (κ3) is 4.17. The number of thioether (sulfide) groups is 1. The summed E-state index contributed by atoms with van der Waals surface area (Å²) in [6, 6.07) is 11.3. The molecule has 0 amide bonds. The van der Waals surface area contributed by atoms with E-state index in [1.807, 2.05) is 36.4 Å². The standard InChI is InChI=1S/C18H17N7O2S/c1-26-15-8-6-14(7-9-15)25-18(21-23-24-25)28-11-3-5-16-20-17(22-27-16)13-4-2-10-19-12-13/h2,4,6-10,12H,3,5,11H2,1H3. The number of hydrogen-bond acceptors (Lipinski definition) is 9. The van der Waals surface area contributed by atoms with Crippen molar-refractivity contribution < 1.29 is 9.26 Å². The van der Waals surface area contributed by atoms with E-state index in [0.717, 1.165) is 34.3 Å². The lowest BCUT2D eigenvalue weighted by atomic mass is 10.3. The zero-order valence-corrected chi connectivity index (χ0v) is 15.9. The number of rotatable bonds is 8. The van der Waals surface area contributed by atoms with Gasteiger partial charge in [-0.25, -0.2) is 0 Å². The summed E-state index contributed by atoms with van der Waals surface area (Å²) in [7, 11) is 1.64. The highest BCUT2D eigenvalue weighted by atomic mass is 32.2. The summed E-state index contributed by atoms with van der Waals surface area (Å²) in [5.41, 5.74) is 1.72. The summed E-state index contributed by atoms with van der Waals surface area (Å²) in [4.78, 5) is 8.48. The predicted molar refractivity (Wildman–Crippen MR) is 102 cm³/mol. The Labute approximate surface area is 165 Å².